The van der Waals surface area contributed by atoms with E-state index in [2.05, 4.69) is 5.92 Å². The van der Waals surface area contributed by atoms with Crippen molar-refractivity contribution in [2.45, 2.75) is 25.3 Å². The van der Waals surface area contributed by atoms with E-state index in [1.165, 1.54) is 21.7 Å². The molecule has 1 aromatic rings. The van der Waals surface area contributed by atoms with Crippen LogP contribution in [0.25, 0.3) is 0 Å². The first kappa shape index (κ1) is 14.2. The highest BCUT2D eigenvalue weighted by molar-refractivity contribution is 7.89. The van der Waals surface area contributed by atoms with Gasteiger partial charge in [0.1, 0.15) is 0 Å². The van der Waals surface area contributed by atoms with Crippen molar-refractivity contribution >= 4 is 21.4 Å². The third-order valence-corrected chi connectivity index (χ3v) is 5.53. The second-order valence-electron chi connectivity index (χ2n) is 3.43. The van der Waals surface area contributed by atoms with Crippen molar-refractivity contribution in [3.63, 3.8) is 0 Å². The molecule has 0 aliphatic heterocycles. The van der Waals surface area contributed by atoms with Crippen LogP contribution in [0.3, 0.4) is 0 Å². The van der Waals surface area contributed by atoms with Gasteiger partial charge in [-0.1, -0.05) is 12.8 Å². The standard InChI is InChI=1S/C11H15NO3S2/c1-4-6-12(5-2)17(14,15)11-7-10(8-13)16-9(11)3/h1,7,13H,5-6,8H2,2-3H3. The zero-order valence-electron chi connectivity index (χ0n) is 9.80. The minimum absolute atomic E-state index is 0.0581. The van der Waals surface area contributed by atoms with E-state index in [-0.39, 0.29) is 18.0 Å². The second kappa shape index (κ2) is 5.65. The lowest BCUT2D eigenvalue weighted by Crippen LogP contribution is -2.31. The first-order chi connectivity index (χ1) is 7.97. The minimum atomic E-state index is -3.54. The van der Waals surface area contributed by atoms with Gasteiger partial charge in [-0.2, -0.15) is 4.31 Å². The molecule has 0 bridgehead atoms. The fraction of sp³-hybridized carbons (Fsp3) is 0.455. The van der Waals surface area contributed by atoms with Gasteiger partial charge in [0.25, 0.3) is 0 Å². The zero-order chi connectivity index (χ0) is 13.1. The number of aliphatic hydroxyl groups is 1. The van der Waals surface area contributed by atoms with Gasteiger partial charge in [0.15, 0.2) is 0 Å². The Morgan fingerprint density at radius 1 is 1.59 bits per heavy atom. The molecule has 0 radical (unpaired) electrons. The quantitative estimate of drug-likeness (QED) is 0.820. The Morgan fingerprint density at radius 3 is 2.65 bits per heavy atom. The van der Waals surface area contributed by atoms with Crippen molar-refractivity contribution in [1.82, 2.24) is 4.31 Å². The van der Waals surface area contributed by atoms with Gasteiger partial charge in [0.2, 0.25) is 10.0 Å². The Bertz CT molecular complexity index is 525. The van der Waals surface area contributed by atoms with E-state index in [0.29, 0.717) is 16.3 Å². The average Bonchev–Trinajstić information content (AvgIpc) is 2.67. The van der Waals surface area contributed by atoms with Gasteiger partial charge in [-0.25, -0.2) is 8.42 Å². The summed E-state index contributed by atoms with van der Waals surface area (Å²) >= 11 is 1.28. The summed E-state index contributed by atoms with van der Waals surface area (Å²) in [5.74, 6) is 2.34. The zero-order valence-corrected chi connectivity index (χ0v) is 11.4. The van der Waals surface area contributed by atoms with Crippen LogP contribution in [0, 0.1) is 19.3 Å². The molecule has 0 aliphatic carbocycles. The number of hydrogen-bond acceptors (Lipinski definition) is 4. The van der Waals surface area contributed by atoms with Crippen molar-refractivity contribution in [3.8, 4) is 12.3 Å². The largest absolute Gasteiger partial charge is 0.391 e. The van der Waals surface area contributed by atoms with Gasteiger partial charge in [-0.15, -0.1) is 17.8 Å². The molecule has 0 aromatic carbocycles. The van der Waals surface area contributed by atoms with E-state index in [0.717, 1.165) is 0 Å². The van der Waals surface area contributed by atoms with Crippen LogP contribution in [0.2, 0.25) is 0 Å². The lowest BCUT2D eigenvalue weighted by Gasteiger charge is -2.17. The molecule has 0 amide bonds. The predicted octanol–water partition coefficient (Wildman–Crippen LogP) is 1.19. The van der Waals surface area contributed by atoms with Gasteiger partial charge in [0, 0.05) is 16.3 Å². The second-order valence-corrected chi connectivity index (χ2v) is 6.67. The monoisotopic (exact) mass is 273 g/mol. The third-order valence-electron chi connectivity index (χ3n) is 2.32. The number of aliphatic hydroxyl groups excluding tert-OH is 1. The molecule has 1 heterocycles. The average molecular weight is 273 g/mol. The molecule has 1 rings (SSSR count). The van der Waals surface area contributed by atoms with E-state index in [9.17, 15) is 8.42 Å². The molecular weight excluding hydrogens is 258 g/mol. The summed E-state index contributed by atoms with van der Waals surface area (Å²) in [7, 11) is -3.54. The maximum absolute atomic E-state index is 12.3. The summed E-state index contributed by atoms with van der Waals surface area (Å²) in [5.41, 5.74) is 0. The van der Waals surface area contributed by atoms with Crippen molar-refractivity contribution in [2.75, 3.05) is 13.1 Å². The van der Waals surface area contributed by atoms with Crippen LogP contribution in [0.15, 0.2) is 11.0 Å². The summed E-state index contributed by atoms with van der Waals surface area (Å²) in [4.78, 5) is 1.55. The van der Waals surface area contributed by atoms with Crippen molar-refractivity contribution in [2.24, 2.45) is 0 Å². The first-order valence-electron chi connectivity index (χ1n) is 5.11. The summed E-state index contributed by atoms with van der Waals surface area (Å²) in [6.07, 6.45) is 5.16. The number of hydrogen-bond donors (Lipinski definition) is 1. The molecule has 0 atom stereocenters. The van der Waals surface area contributed by atoms with Crippen molar-refractivity contribution in [1.29, 1.82) is 0 Å². The van der Waals surface area contributed by atoms with Crippen LogP contribution in [0.5, 0.6) is 0 Å². The molecular formula is C11H15NO3S2. The van der Waals surface area contributed by atoms with Crippen molar-refractivity contribution in [3.05, 3.63) is 15.8 Å². The highest BCUT2D eigenvalue weighted by Crippen LogP contribution is 2.28. The Labute approximate surface area is 106 Å². The molecule has 0 unspecified atom stereocenters. The number of sulfonamides is 1. The summed E-state index contributed by atoms with van der Waals surface area (Å²) < 4.78 is 25.8. The Hall–Kier alpha value is -0.870. The van der Waals surface area contributed by atoms with Crippen LogP contribution < -0.4 is 0 Å². The highest BCUT2D eigenvalue weighted by atomic mass is 32.2. The number of rotatable bonds is 5. The molecule has 0 fully saturated rings. The van der Waals surface area contributed by atoms with Crippen LogP contribution in [0.4, 0.5) is 0 Å². The molecule has 4 nitrogen and oxygen atoms in total. The highest BCUT2D eigenvalue weighted by Gasteiger charge is 2.25. The van der Waals surface area contributed by atoms with Gasteiger partial charge in [-0.05, 0) is 13.0 Å². The normalized spacial score (nSPS) is 11.7. The fourth-order valence-electron chi connectivity index (χ4n) is 1.47. The lowest BCUT2D eigenvalue weighted by atomic mass is 10.4. The number of terminal acetylenes is 1. The minimum Gasteiger partial charge on any atom is -0.391 e. The topological polar surface area (TPSA) is 57.6 Å². The predicted molar refractivity (Wildman–Crippen MR) is 68.2 cm³/mol. The lowest BCUT2D eigenvalue weighted by molar-refractivity contribution is 0.285. The van der Waals surface area contributed by atoms with E-state index < -0.39 is 10.0 Å². The van der Waals surface area contributed by atoms with Crippen LogP contribution in [-0.2, 0) is 16.6 Å². The maximum Gasteiger partial charge on any atom is 0.245 e. The third kappa shape index (κ3) is 2.87. The number of thiophene rings is 1. The molecule has 0 saturated heterocycles. The van der Waals surface area contributed by atoms with E-state index in [4.69, 9.17) is 11.5 Å². The van der Waals surface area contributed by atoms with E-state index >= 15 is 0 Å². The Morgan fingerprint density at radius 2 is 2.24 bits per heavy atom. The van der Waals surface area contributed by atoms with Crippen LogP contribution in [-0.4, -0.2) is 30.9 Å². The molecule has 0 saturated carbocycles. The summed E-state index contributed by atoms with van der Waals surface area (Å²) in [6, 6.07) is 1.51. The van der Waals surface area contributed by atoms with Crippen LogP contribution >= 0.6 is 11.3 Å². The molecule has 0 spiro atoms. The Balaban J connectivity index is 3.20. The van der Waals surface area contributed by atoms with Gasteiger partial charge < -0.3 is 5.11 Å². The Kier molecular flexibility index (Phi) is 4.71. The molecule has 94 valence electrons. The van der Waals surface area contributed by atoms with Gasteiger partial charge >= 0.3 is 0 Å². The van der Waals surface area contributed by atoms with E-state index in [1.807, 2.05) is 0 Å². The van der Waals surface area contributed by atoms with Gasteiger partial charge in [-0.3, -0.25) is 0 Å². The van der Waals surface area contributed by atoms with Gasteiger partial charge in [0.05, 0.1) is 18.0 Å². The first-order valence-corrected chi connectivity index (χ1v) is 7.36. The fourth-order valence-corrected chi connectivity index (χ4v) is 4.29. The molecule has 0 aliphatic rings. The van der Waals surface area contributed by atoms with Crippen molar-refractivity contribution < 1.29 is 13.5 Å². The molecule has 6 heteroatoms. The van der Waals surface area contributed by atoms with Crippen LogP contribution in [0.1, 0.15) is 16.7 Å². The number of nitrogens with zero attached hydrogens (tertiary/aromatic N) is 1. The summed E-state index contributed by atoms with van der Waals surface area (Å²) in [5, 5.41) is 9.01. The smallest absolute Gasteiger partial charge is 0.245 e. The molecule has 1 N–H and O–H groups in total. The van der Waals surface area contributed by atoms with E-state index in [1.54, 1.807) is 13.8 Å². The summed E-state index contributed by atoms with van der Waals surface area (Å²) in [6.45, 7) is 3.70. The molecule has 1 aromatic heterocycles. The SMILES string of the molecule is C#CCN(CC)S(=O)(=O)c1cc(CO)sc1C. The maximum atomic E-state index is 12.3. The molecule has 17 heavy (non-hydrogen) atoms. The number of aryl methyl sites for hydroxylation is 1.